The van der Waals surface area contributed by atoms with E-state index in [4.69, 9.17) is 11.6 Å². The Kier molecular flexibility index (Phi) is 5.65. The van der Waals surface area contributed by atoms with Crippen LogP contribution in [-0.4, -0.2) is 34.4 Å². The first-order chi connectivity index (χ1) is 10.5. The minimum atomic E-state index is -0.435. The molecule has 1 fully saturated rings. The lowest BCUT2D eigenvalue weighted by Crippen LogP contribution is -2.28. The largest absolute Gasteiger partial charge is 0.304 e. The van der Waals surface area contributed by atoms with Gasteiger partial charge in [0.2, 0.25) is 5.91 Å². The topological polar surface area (TPSA) is 46.1 Å². The standard InChI is InChI=1S/C14H13ClFN3OS2.CH4/c1-19(13(20)9-4-10(9)21-2)14-11(15)18-12(22-14)7-3-8(16)6-17-5-7;/h3,5-6,9-10H,4H2,1-2H3;1H4/t9?,10-;/m0./s1. The van der Waals surface area contributed by atoms with E-state index >= 15 is 0 Å². The summed E-state index contributed by atoms with van der Waals surface area (Å²) in [6, 6.07) is 1.35. The summed E-state index contributed by atoms with van der Waals surface area (Å²) in [4.78, 5) is 22.0. The monoisotopic (exact) mass is 373 g/mol. The van der Waals surface area contributed by atoms with Gasteiger partial charge in [0, 0.05) is 24.1 Å². The summed E-state index contributed by atoms with van der Waals surface area (Å²) in [5.74, 6) is -0.332. The predicted octanol–water partition coefficient (Wildman–Crippen LogP) is 4.35. The van der Waals surface area contributed by atoms with Crippen LogP contribution in [0.5, 0.6) is 0 Å². The summed E-state index contributed by atoms with van der Waals surface area (Å²) in [5.41, 5.74) is 0.549. The summed E-state index contributed by atoms with van der Waals surface area (Å²) in [6.07, 6.45) is 5.56. The summed E-state index contributed by atoms with van der Waals surface area (Å²) >= 11 is 9.12. The number of anilines is 1. The molecular weight excluding hydrogens is 357 g/mol. The van der Waals surface area contributed by atoms with Crippen LogP contribution in [0.2, 0.25) is 5.15 Å². The Morgan fingerprint density at radius 1 is 1.52 bits per heavy atom. The molecular formula is C15H17ClFN3OS2. The molecule has 0 radical (unpaired) electrons. The van der Waals surface area contributed by atoms with E-state index in [2.05, 4.69) is 9.97 Å². The van der Waals surface area contributed by atoms with Crippen LogP contribution in [-0.2, 0) is 4.79 Å². The lowest BCUT2D eigenvalue weighted by Gasteiger charge is -2.14. The van der Waals surface area contributed by atoms with E-state index in [-0.39, 0.29) is 24.4 Å². The van der Waals surface area contributed by atoms with Gasteiger partial charge in [0.25, 0.3) is 0 Å². The van der Waals surface area contributed by atoms with Gasteiger partial charge < -0.3 is 4.90 Å². The lowest BCUT2D eigenvalue weighted by atomic mass is 10.3. The maximum Gasteiger partial charge on any atom is 0.231 e. The van der Waals surface area contributed by atoms with Crippen LogP contribution >= 0.6 is 34.7 Å². The second kappa shape index (κ2) is 7.15. The number of amides is 1. The molecule has 0 spiro atoms. The van der Waals surface area contributed by atoms with Crippen molar-refractivity contribution in [3.63, 3.8) is 0 Å². The highest BCUT2D eigenvalue weighted by Gasteiger charge is 2.44. The van der Waals surface area contributed by atoms with Crippen LogP contribution < -0.4 is 4.90 Å². The molecule has 1 amide bonds. The predicted molar refractivity (Wildman–Crippen MR) is 95.9 cm³/mol. The number of nitrogens with zero attached hydrogens (tertiary/aromatic N) is 3. The van der Waals surface area contributed by atoms with Gasteiger partial charge in [0.1, 0.15) is 15.8 Å². The maximum atomic E-state index is 13.3. The zero-order chi connectivity index (χ0) is 15.9. The zero-order valence-electron chi connectivity index (χ0n) is 11.9. The second-order valence-corrected chi connectivity index (χ2v) is 7.43. The minimum Gasteiger partial charge on any atom is -0.304 e. The number of pyridine rings is 1. The third-order valence-electron chi connectivity index (χ3n) is 3.51. The van der Waals surface area contributed by atoms with Gasteiger partial charge >= 0.3 is 0 Å². The van der Waals surface area contributed by atoms with Gasteiger partial charge in [0.15, 0.2) is 5.15 Å². The third-order valence-corrected chi connectivity index (χ3v) is 6.19. The molecule has 1 aliphatic rings. The highest BCUT2D eigenvalue weighted by atomic mass is 35.5. The summed E-state index contributed by atoms with van der Waals surface area (Å²) in [6.45, 7) is 0. The number of hydrogen-bond acceptors (Lipinski definition) is 5. The minimum absolute atomic E-state index is 0. The van der Waals surface area contributed by atoms with Crippen LogP contribution in [0, 0.1) is 11.7 Å². The van der Waals surface area contributed by atoms with Crippen LogP contribution in [0.25, 0.3) is 10.6 Å². The highest BCUT2D eigenvalue weighted by molar-refractivity contribution is 7.99. The molecule has 0 saturated heterocycles. The number of carbonyl (C=O) groups is 1. The Morgan fingerprint density at radius 3 is 2.87 bits per heavy atom. The van der Waals surface area contributed by atoms with Gasteiger partial charge in [0.05, 0.1) is 12.1 Å². The van der Waals surface area contributed by atoms with Gasteiger partial charge in [-0.2, -0.15) is 11.8 Å². The van der Waals surface area contributed by atoms with Crippen molar-refractivity contribution in [3.05, 3.63) is 29.4 Å². The molecule has 2 heterocycles. The quantitative estimate of drug-likeness (QED) is 0.799. The Labute approximate surface area is 148 Å². The van der Waals surface area contributed by atoms with Crippen molar-refractivity contribution in [2.24, 2.45) is 5.92 Å². The maximum absolute atomic E-state index is 13.3. The highest BCUT2D eigenvalue weighted by Crippen LogP contribution is 2.44. The van der Waals surface area contributed by atoms with E-state index in [0.29, 0.717) is 20.8 Å². The summed E-state index contributed by atoms with van der Waals surface area (Å²) < 4.78 is 13.3. The molecule has 2 aromatic heterocycles. The molecule has 0 N–H and O–H groups in total. The van der Waals surface area contributed by atoms with Crippen molar-refractivity contribution < 1.29 is 9.18 Å². The Bertz CT molecular complexity index is 724. The van der Waals surface area contributed by atoms with Crippen molar-refractivity contribution in [1.29, 1.82) is 0 Å². The summed E-state index contributed by atoms with van der Waals surface area (Å²) in [7, 11) is 1.70. The first-order valence-corrected chi connectivity index (χ1v) is 9.07. The molecule has 124 valence electrons. The fourth-order valence-electron chi connectivity index (χ4n) is 2.19. The van der Waals surface area contributed by atoms with E-state index in [1.54, 1.807) is 23.7 Å². The Balaban J connectivity index is 0.00000192. The molecule has 1 unspecified atom stereocenters. The summed E-state index contributed by atoms with van der Waals surface area (Å²) in [5, 5.41) is 1.77. The van der Waals surface area contributed by atoms with E-state index < -0.39 is 5.82 Å². The van der Waals surface area contributed by atoms with Crippen LogP contribution in [0.4, 0.5) is 9.39 Å². The third kappa shape index (κ3) is 3.67. The molecule has 2 aromatic rings. The van der Waals surface area contributed by atoms with E-state index in [1.807, 2.05) is 6.26 Å². The first-order valence-electron chi connectivity index (χ1n) is 6.59. The number of carbonyl (C=O) groups excluding carboxylic acids is 1. The average molecular weight is 374 g/mol. The number of hydrogen-bond donors (Lipinski definition) is 0. The Hall–Kier alpha value is -1.18. The first kappa shape index (κ1) is 18.2. The van der Waals surface area contributed by atoms with Gasteiger partial charge in [-0.25, -0.2) is 9.37 Å². The molecule has 0 aromatic carbocycles. The number of thiazole rings is 1. The normalized spacial score (nSPS) is 19.1. The van der Waals surface area contributed by atoms with Crippen molar-refractivity contribution in [1.82, 2.24) is 9.97 Å². The molecule has 8 heteroatoms. The molecule has 4 nitrogen and oxygen atoms in total. The molecule has 23 heavy (non-hydrogen) atoms. The second-order valence-electron chi connectivity index (χ2n) is 5.02. The van der Waals surface area contributed by atoms with Gasteiger partial charge in [-0.1, -0.05) is 30.4 Å². The van der Waals surface area contributed by atoms with E-state index in [1.165, 1.54) is 23.6 Å². The van der Waals surface area contributed by atoms with Gasteiger partial charge in [-0.05, 0) is 18.7 Å². The van der Waals surface area contributed by atoms with Crippen molar-refractivity contribution in [3.8, 4) is 10.6 Å². The fourth-order valence-corrected chi connectivity index (χ4v) is 4.32. The van der Waals surface area contributed by atoms with Crippen molar-refractivity contribution in [2.75, 3.05) is 18.2 Å². The van der Waals surface area contributed by atoms with E-state index in [9.17, 15) is 9.18 Å². The number of rotatable bonds is 4. The molecule has 1 aliphatic carbocycles. The fraction of sp³-hybridized carbons (Fsp3) is 0.400. The van der Waals surface area contributed by atoms with E-state index in [0.717, 1.165) is 12.6 Å². The van der Waals surface area contributed by atoms with Crippen LogP contribution in [0.15, 0.2) is 18.5 Å². The molecule has 0 aliphatic heterocycles. The molecule has 0 bridgehead atoms. The van der Waals surface area contributed by atoms with Crippen molar-refractivity contribution >= 4 is 45.6 Å². The number of thioether (sulfide) groups is 1. The van der Waals surface area contributed by atoms with Gasteiger partial charge in [-0.3, -0.25) is 9.78 Å². The smallest absolute Gasteiger partial charge is 0.231 e. The van der Waals surface area contributed by atoms with Crippen LogP contribution in [0.3, 0.4) is 0 Å². The van der Waals surface area contributed by atoms with Crippen molar-refractivity contribution in [2.45, 2.75) is 19.1 Å². The number of halogens is 2. The van der Waals surface area contributed by atoms with Crippen LogP contribution in [0.1, 0.15) is 13.8 Å². The number of aromatic nitrogens is 2. The lowest BCUT2D eigenvalue weighted by molar-refractivity contribution is -0.119. The van der Waals surface area contributed by atoms with Gasteiger partial charge in [-0.15, -0.1) is 0 Å². The molecule has 1 saturated carbocycles. The SMILES string of the molecule is C.CS[C@H]1CC1C(=O)N(C)c1sc(-c2cncc(F)c2)nc1Cl. The average Bonchev–Trinajstić information content (AvgIpc) is 3.20. The Morgan fingerprint density at radius 2 is 2.26 bits per heavy atom. The molecule has 3 rings (SSSR count). The zero-order valence-corrected chi connectivity index (χ0v) is 14.3. The molecule has 2 atom stereocenters.